The summed E-state index contributed by atoms with van der Waals surface area (Å²) >= 11 is 1.72. The number of rotatable bonds is 6. The van der Waals surface area contributed by atoms with Crippen molar-refractivity contribution in [2.24, 2.45) is 0 Å². The van der Waals surface area contributed by atoms with Crippen molar-refractivity contribution in [2.75, 3.05) is 13.1 Å². The van der Waals surface area contributed by atoms with Gasteiger partial charge < -0.3 is 4.90 Å². The van der Waals surface area contributed by atoms with Crippen molar-refractivity contribution >= 4 is 17.2 Å². The molecular formula is C13H22N2OS. The van der Waals surface area contributed by atoms with E-state index in [1.54, 1.807) is 11.3 Å². The Balaban J connectivity index is 2.54. The van der Waals surface area contributed by atoms with Gasteiger partial charge in [0, 0.05) is 24.0 Å². The van der Waals surface area contributed by atoms with Crippen molar-refractivity contribution in [3.05, 3.63) is 22.4 Å². The summed E-state index contributed by atoms with van der Waals surface area (Å²) in [5.74, 6) is 0.179. The molecule has 3 nitrogen and oxygen atoms in total. The van der Waals surface area contributed by atoms with Crippen LogP contribution in [0.5, 0.6) is 0 Å². The molecule has 0 saturated heterocycles. The molecule has 0 radical (unpaired) electrons. The number of nitrogens with zero attached hydrogens (tertiary/aromatic N) is 1. The van der Waals surface area contributed by atoms with Gasteiger partial charge in [0.15, 0.2) is 0 Å². The second-order valence-corrected chi connectivity index (χ2v) is 5.12. The number of carbonyl (C=O) groups excluding carboxylic acids is 1. The average Bonchev–Trinajstić information content (AvgIpc) is 2.83. The molecule has 96 valence electrons. The molecule has 0 aliphatic rings. The van der Waals surface area contributed by atoms with E-state index in [2.05, 4.69) is 23.7 Å². The van der Waals surface area contributed by atoms with Crippen LogP contribution in [-0.4, -0.2) is 29.9 Å². The first-order valence-electron chi connectivity index (χ1n) is 6.18. The van der Waals surface area contributed by atoms with E-state index in [1.165, 1.54) is 4.88 Å². The van der Waals surface area contributed by atoms with Crippen molar-refractivity contribution in [3.63, 3.8) is 0 Å². The standard InChI is InChI=1S/C13H22N2OS/c1-5-15(6-2)13(16)11(4)14-10(3)12-8-7-9-17-12/h7-11,14H,5-6H2,1-4H3/t10-,11?/m1/s1. The van der Waals surface area contributed by atoms with E-state index in [-0.39, 0.29) is 18.0 Å². The molecular weight excluding hydrogens is 232 g/mol. The average molecular weight is 254 g/mol. The molecule has 0 fully saturated rings. The molecule has 1 aromatic heterocycles. The maximum atomic E-state index is 12.1. The van der Waals surface area contributed by atoms with Crippen molar-refractivity contribution in [2.45, 2.75) is 39.8 Å². The van der Waals surface area contributed by atoms with Gasteiger partial charge in [-0.25, -0.2) is 0 Å². The van der Waals surface area contributed by atoms with Gasteiger partial charge in [-0.1, -0.05) is 6.07 Å². The Labute approximate surface area is 108 Å². The Bertz CT molecular complexity index is 333. The highest BCUT2D eigenvalue weighted by molar-refractivity contribution is 7.10. The first kappa shape index (κ1) is 14.2. The monoisotopic (exact) mass is 254 g/mol. The first-order valence-corrected chi connectivity index (χ1v) is 7.06. The zero-order valence-electron chi connectivity index (χ0n) is 11.1. The van der Waals surface area contributed by atoms with E-state index < -0.39 is 0 Å². The Kier molecular flexibility index (Phi) is 5.65. The zero-order valence-corrected chi connectivity index (χ0v) is 11.9. The second-order valence-electron chi connectivity index (χ2n) is 4.14. The number of amides is 1. The van der Waals surface area contributed by atoms with Gasteiger partial charge in [-0.3, -0.25) is 10.1 Å². The van der Waals surface area contributed by atoms with Gasteiger partial charge in [0.25, 0.3) is 0 Å². The molecule has 4 heteroatoms. The van der Waals surface area contributed by atoms with Crippen LogP contribution in [0.25, 0.3) is 0 Å². The van der Waals surface area contributed by atoms with Crippen LogP contribution in [0.1, 0.15) is 38.6 Å². The highest BCUT2D eigenvalue weighted by Gasteiger charge is 2.20. The molecule has 0 spiro atoms. The summed E-state index contributed by atoms with van der Waals surface area (Å²) in [4.78, 5) is 15.2. The van der Waals surface area contributed by atoms with Gasteiger partial charge >= 0.3 is 0 Å². The first-order chi connectivity index (χ1) is 8.10. The van der Waals surface area contributed by atoms with Crippen LogP contribution in [0.2, 0.25) is 0 Å². The van der Waals surface area contributed by atoms with E-state index in [0.29, 0.717) is 0 Å². The minimum atomic E-state index is -0.132. The second kappa shape index (κ2) is 6.77. The number of hydrogen-bond acceptors (Lipinski definition) is 3. The van der Waals surface area contributed by atoms with Gasteiger partial charge in [0.1, 0.15) is 0 Å². The molecule has 0 saturated carbocycles. The van der Waals surface area contributed by atoms with Crippen molar-refractivity contribution in [3.8, 4) is 0 Å². The van der Waals surface area contributed by atoms with Gasteiger partial charge in [-0.15, -0.1) is 11.3 Å². The fourth-order valence-electron chi connectivity index (χ4n) is 1.88. The van der Waals surface area contributed by atoms with Crippen LogP contribution in [0.4, 0.5) is 0 Å². The normalized spacial score (nSPS) is 14.4. The minimum absolute atomic E-state index is 0.132. The van der Waals surface area contributed by atoms with Gasteiger partial charge in [0.05, 0.1) is 6.04 Å². The lowest BCUT2D eigenvalue weighted by Gasteiger charge is -2.25. The molecule has 1 rings (SSSR count). The lowest BCUT2D eigenvalue weighted by atomic mass is 10.2. The van der Waals surface area contributed by atoms with E-state index in [9.17, 15) is 4.79 Å². The smallest absolute Gasteiger partial charge is 0.239 e. The van der Waals surface area contributed by atoms with E-state index in [0.717, 1.165) is 13.1 Å². The molecule has 2 atom stereocenters. The van der Waals surface area contributed by atoms with Crippen molar-refractivity contribution < 1.29 is 4.79 Å². The SMILES string of the molecule is CCN(CC)C(=O)C(C)N[C@H](C)c1cccs1. The summed E-state index contributed by atoms with van der Waals surface area (Å²) < 4.78 is 0. The topological polar surface area (TPSA) is 32.3 Å². The van der Waals surface area contributed by atoms with Gasteiger partial charge in [-0.2, -0.15) is 0 Å². The van der Waals surface area contributed by atoms with Crippen molar-refractivity contribution in [1.29, 1.82) is 0 Å². The van der Waals surface area contributed by atoms with Gasteiger partial charge in [-0.05, 0) is 39.1 Å². The highest BCUT2D eigenvalue weighted by atomic mass is 32.1. The quantitative estimate of drug-likeness (QED) is 0.846. The molecule has 1 aromatic rings. The number of nitrogens with one attached hydrogen (secondary N) is 1. The Morgan fingerprint density at radius 2 is 2.06 bits per heavy atom. The molecule has 1 N–H and O–H groups in total. The Morgan fingerprint density at radius 1 is 1.41 bits per heavy atom. The van der Waals surface area contributed by atoms with Gasteiger partial charge in [0.2, 0.25) is 5.91 Å². The van der Waals surface area contributed by atoms with Crippen molar-refractivity contribution in [1.82, 2.24) is 10.2 Å². The molecule has 0 aliphatic heterocycles. The third kappa shape index (κ3) is 3.82. The molecule has 0 aliphatic carbocycles. The lowest BCUT2D eigenvalue weighted by Crippen LogP contribution is -2.45. The van der Waals surface area contributed by atoms with Crippen LogP contribution < -0.4 is 5.32 Å². The summed E-state index contributed by atoms with van der Waals surface area (Å²) in [6.07, 6.45) is 0. The number of likely N-dealkylation sites (N-methyl/N-ethyl adjacent to an activating group) is 1. The molecule has 1 heterocycles. The van der Waals surface area contributed by atoms with Crippen LogP contribution in [0.3, 0.4) is 0 Å². The number of hydrogen-bond donors (Lipinski definition) is 1. The third-order valence-electron chi connectivity index (χ3n) is 2.92. The summed E-state index contributed by atoms with van der Waals surface area (Å²) in [6, 6.07) is 4.22. The summed E-state index contributed by atoms with van der Waals surface area (Å²) in [6.45, 7) is 9.60. The maximum Gasteiger partial charge on any atom is 0.239 e. The molecule has 0 bridgehead atoms. The zero-order chi connectivity index (χ0) is 12.8. The summed E-state index contributed by atoms with van der Waals surface area (Å²) in [5, 5.41) is 5.41. The third-order valence-corrected chi connectivity index (χ3v) is 3.97. The van der Waals surface area contributed by atoms with Crippen LogP contribution in [-0.2, 0) is 4.79 Å². The molecule has 0 aromatic carbocycles. The largest absolute Gasteiger partial charge is 0.342 e. The van der Waals surface area contributed by atoms with Crippen LogP contribution in [0, 0.1) is 0 Å². The minimum Gasteiger partial charge on any atom is -0.342 e. The fraction of sp³-hybridized carbons (Fsp3) is 0.615. The predicted molar refractivity (Wildman–Crippen MR) is 73.3 cm³/mol. The lowest BCUT2D eigenvalue weighted by molar-refractivity contribution is -0.132. The molecule has 17 heavy (non-hydrogen) atoms. The number of thiophene rings is 1. The highest BCUT2D eigenvalue weighted by Crippen LogP contribution is 2.18. The summed E-state index contributed by atoms with van der Waals surface area (Å²) in [7, 11) is 0. The molecule has 1 unspecified atom stereocenters. The van der Waals surface area contributed by atoms with E-state index >= 15 is 0 Å². The van der Waals surface area contributed by atoms with Crippen LogP contribution >= 0.6 is 11.3 Å². The maximum absolute atomic E-state index is 12.1. The van der Waals surface area contributed by atoms with E-state index in [4.69, 9.17) is 0 Å². The Morgan fingerprint density at radius 3 is 2.53 bits per heavy atom. The van der Waals surface area contributed by atoms with E-state index in [1.807, 2.05) is 31.7 Å². The Hall–Kier alpha value is -0.870. The number of carbonyl (C=O) groups is 1. The predicted octanol–water partition coefficient (Wildman–Crippen LogP) is 2.66. The summed E-state index contributed by atoms with van der Waals surface area (Å²) in [5.41, 5.74) is 0. The fourth-order valence-corrected chi connectivity index (χ4v) is 2.62. The molecule has 1 amide bonds. The van der Waals surface area contributed by atoms with Crippen LogP contribution in [0.15, 0.2) is 17.5 Å².